The fraction of sp³-hybridized carbons (Fsp3) is 0.133. The lowest BCUT2D eigenvalue weighted by Crippen LogP contribution is -2.15. The summed E-state index contributed by atoms with van der Waals surface area (Å²) in [6.45, 7) is 3.59. The maximum absolute atomic E-state index is 11.6. The Morgan fingerprint density at radius 2 is 1.90 bits per heavy atom. The molecule has 2 aromatic rings. The van der Waals surface area contributed by atoms with Crippen LogP contribution in [0.15, 0.2) is 40.3 Å². The van der Waals surface area contributed by atoms with Crippen molar-refractivity contribution < 1.29 is 14.7 Å². The first-order chi connectivity index (χ1) is 9.90. The van der Waals surface area contributed by atoms with E-state index in [0.717, 1.165) is 23.0 Å². The molecular weight excluding hydrogens is 288 g/mol. The van der Waals surface area contributed by atoms with E-state index in [-0.39, 0.29) is 5.56 Å². The van der Waals surface area contributed by atoms with Crippen molar-refractivity contribution in [3.63, 3.8) is 0 Å². The molecular formula is C15H14N2O3S. The first-order valence-electron chi connectivity index (χ1n) is 6.18. The number of aryl methyl sites for hydroxylation is 2. The van der Waals surface area contributed by atoms with Crippen molar-refractivity contribution >= 4 is 23.6 Å². The van der Waals surface area contributed by atoms with Gasteiger partial charge in [0.1, 0.15) is 5.03 Å². The highest BCUT2D eigenvalue weighted by atomic mass is 32.2. The molecule has 0 unspecified atom stereocenters. The van der Waals surface area contributed by atoms with Crippen LogP contribution >= 0.6 is 11.8 Å². The minimum atomic E-state index is -1.02. The van der Waals surface area contributed by atoms with Crippen LogP contribution in [0.5, 0.6) is 0 Å². The molecule has 5 nitrogen and oxygen atoms in total. The topological polar surface area (TPSA) is 93.3 Å². The van der Waals surface area contributed by atoms with Gasteiger partial charge in [-0.15, -0.1) is 0 Å². The van der Waals surface area contributed by atoms with Crippen LogP contribution in [0.25, 0.3) is 0 Å². The number of pyridine rings is 1. The van der Waals surface area contributed by atoms with Gasteiger partial charge in [0.2, 0.25) is 0 Å². The molecule has 1 aromatic carbocycles. The van der Waals surface area contributed by atoms with Gasteiger partial charge in [0.05, 0.1) is 11.1 Å². The number of aromatic nitrogens is 1. The lowest BCUT2D eigenvalue weighted by molar-refractivity contribution is 0.0693. The molecule has 1 heterocycles. The summed E-state index contributed by atoms with van der Waals surface area (Å²) in [4.78, 5) is 27.7. The lowest BCUT2D eigenvalue weighted by atomic mass is 10.1. The van der Waals surface area contributed by atoms with Crippen molar-refractivity contribution in [3.8, 4) is 0 Å². The van der Waals surface area contributed by atoms with E-state index in [0.29, 0.717) is 15.5 Å². The molecule has 0 radical (unpaired) electrons. The largest absolute Gasteiger partial charge is 0.478 e. The van der Waals surface area contributed by atoms with Crippen LogP contribution in [-0.2, 0) is 0 Å². The number of aromatic carboxylic acids is 1. The predicted octanol–water partition coefficient (Wildman–Crippen LogP) is 2.65. The molecule has 3 N–H and O–H groups in total. The minimum Gasteiger partial charge on any atom is -0.478 e. The Balaban J connectivity index is 2.54. The van der Waals surface area contributed by atoms with E-state index in [4.69, 9.17) is 5.73 Å². The first kappa shape index (κ1) is 15.1. The number of carboxylic acids is 1. The number of hydrogen-bond donors (Lipinski definition) is 2. The summed E-state index contributed by atoms with van der Waals surface area (Å²) in [6, 6.07) is 8.35. The fourth-order valence-corrected chi connectivity index (χ4v) is 3.19. The second-order valence-corrected chi connectivity index (χ2v) is 5.56. The van der Waals surface area contributed by atoms with Gasteiger partial charge in [-0.2, -0.15) is 0 Å². The third-order valence-electron chi connectivity index (χ3n) is 2.88. The number of nitrogens with two attached hydrogens (primary N) is 1. The van der Waals surface area contributed by atoms with Crippen molar-refractivity contribution in [3.05, 3.63) is 52.7 Å². The molecule has 1 aromatic heterocycles. The van der Waals surface area contributed by atoms with Gasteiger partial charge in [-0.25, -0.2) is 9.78 Å². The zero-order chi connectivity index (χ0) is 15.6. The normalized spacial score (nSPS) is 10.4. The molecule has 0 aliphatic carbocycles. The highest BCUT2D eigenvalue weighted by molar-refractivity contribution is 7.99. The van der Waals surface area contributed by atoms with E-state index >= 15 is 0 Å². The number of rotatable bonds is 4. The molecule has 1 amide bonds. The maximum Gasteiger partial charge on any atom is 0.336 e. The summed E-state index contributed by atoms with van der Waals surface area (Å²) in [7, 11) is 0. The Morgan fingerprint density at radius 1 is 1.24 bits per heavy atom. The predicted molar refractivity (Wildman–Crippen MR) is 79.8 cm³/mol. The Hall–Kier alpha value is -2.34. The molecule has 0 saturated heterocycles. The standard InChI is InChI=1S/C15H14N2O3S/c1-8-7-9(2)17-14(12(8)13(16)18)21-11-6-4-3-5-10(11)15(19)20/h3-7H,1-2H3,(H2,16,18)(H,19,20). The number of carbonyl (C=O) groups is 2. The number of nitrogens with zero attached hydrogens (tertiary/aromatic N) is 1. The SMILES string of the molecule is Cc1cc(C)c(C(N)=O)c(Sc2ccccc2C(=O)O)n1. The van der Waals surface area contributed by atoms with Crippen LogP contribution in [0, 0.1) is 13.8 Å². The fourth-order valence-electron chi connectivity index (χ4n) is 2.01. The van der Waals surface area contributed by atoms with Crippen molar-refractivity contribution in [2.75, 3.05) is 0 Å². The molecule has 0 saturated carbocycles. The Labute approximate surface area is 126 Å². The number of carbonyl (C=O) groups excluding carboxylic acids is 1. The molecule has 0 fully saturated rings. The third-order valence-corrected chi connectivity index (χ3v) is 3.95. The molecule has 21 heavy (non-hydrogen) atoms. The van der Waals surface area contributed by atoms with Crippen LogP contribution in [0.2, 0.25) is 0 Å². The summed E-state index contributed by atoms with van der Waals surface area (Å²) >= 11 is 1.13. The summed E-state index contributed by atoms with van der Waals surface area (Å²) in [5.41, 5.74) is 7.37. The first-order valence-corrected chi connectivity index (χ1v) is 7.00. The number of hydrogen-bond acceptors (Lipinski definition) is 4. The summed E-state index contributed by atoms with van der Waals surface area (Å²) in [5, 5.41) is 9.63. The summed E-state index contributed by atoms with van der Waals surface area (Å²) < 4.78 is 0. The molecule has 0 atom stereocenters. The van der Waals surface area contributed by atoms with E-state index < -0.39 is 11.9 Å². The summed E-state index contributed by atoms with van der Waals surface area (Å²) in [6.07, 6.45) is 0. The number of primary amides is 1. The average Bonchev–Trinajstić information content (AvgIpc) is 2.37. The average molecular weight is 302 g/mol. The molecule has 0 aliphatic heterocycles. The van der Waals surface area contributed by atoms with Crippen LogP contribution in [0.1, 0.15) is 32.0 Å². The van der Waals surface area contributed by atoms with Gasteiger partial charge in [0, 0.05) is 10.6 Å². The second kappa shape index (κ2) is 5.97. The minimum absolute atomic E-state index is 0.166. The summed E-state index contributed by atoms with van der Waals surface area (Å²) in [5.74, 6) is -1.60. The molecule has 0 bridgehead atoms. The lowest BCUT2D eigenvalue weighted by Gasteiger charge is -2.11. The smallest absolute Gasteiger partial charge is 0.336 e. The molecule has 2 rings (SSSR count). The zero-order valence-electron chi connectivity index (χ0n) is 11.6. The second-order valence-electron chi connectivity index (χ2n) is 4.53. The van der Waals surface area contributed by atoms with Crippen LogP contribution in [0.4, 0.5) is 0 Å². The quantitative estimate of drug-likeness (QED) is 0.905. The zero-order valence-corrected chi connectivity index (χ0v) is 12.4. The Bertz CT molecular complexity index is 729. The van der Waals surface area contributed by atoms with Crippen LogP contribution < -0.4 is 5.73 Å². The van der Waals surface area contributed by atoms with Crippen molar-refractivity contribution in [2.24, 2.45) is 5.73 Å². The Morgan fingerprint density at radius 3 is 2.52 bits per heavy atom. The Kier molecular flexibility index (Phi) is 4.28. The molecule has 108 valence electrons. The van der Waals surface area contributed by atoms with E-state index in [1.54, 1.807) is 31.2 Å². The monoisotopic (exact) mass is 302 g/mol. The van der Waals surface area contributed by atoms with Crippen LogP contribution in [0.3, 0.4) is 0 Å². The van der Waals surface area contributed by atoms with Gasteiger partial charge >= 0.3 is 5.97 Å². The highest BCUT2D eigenvalue weighted by Gasteiger charge is 2.18. The number of carboxylic acid groups (broad SMARTS) is 1. The van der Waals surface area contributed by atoms with Crippen LogP contribution in [-0.4, -0.2) is 22.0 Å². The van der Waals surface area contributed by atoms with Gasteiger partial charge in [-0.1, -0.05) is 23.9 Å². The van der Waals surface area contributed by atoms with Gasteiger partial charge in [-0.3, -0.25) is 4.79 Å². The van der Waals surface area contributed by atoms with Gasteiger partial charge in [0.25, 0.3) is 5.91 Å². The van der Waals surface area contributed by atoms with E-state index in [1.165, 1.54) is 6.07 Å². The van der Waals surface area contributed by atoms with Gasteiger partial charge in [0.15, 0.2) is 0 Å². The number of benzene rings is 1. The number of amides is 1. The van der Waals surface area contributed by atoms with Gasteiger partial charge in [-0.05, 0) is 37.6 Å². The van der Waals surface area contributed by atoms with Gasteiger partial charge < -0.3 is 10.8 Å². The third kappa shape index (κ3) is 3.22. The molecule has 6 heteroatoms. The van der Waals surface area contributed by atoms with Crippen molar-refractivity contribution in [1.29, 1.82) is 0 Å². The molecule has 0 spiro atoms. The van der Waals surface area contributed by atoms with Crippen molar-refractivity contribution in [1.82, 2.24) is 4.98 Å². The van der Waals surface area contributed by atoms with E-state index in [9.17, 15) is 14.7 Å². The van der Waals surface area contributed by atoms with E-state index in [2.05, 4.69) is 4.98 Å². The van der Waals surface area contributed by atoms with Crippen molar-refractivity contribution in [2.45, 2.75) is 23.8 Å². The maximum atomic E-state index is 11.6. The van der Waals surface area contributed by atoms with E-state index in [1.807, 2.05) is 6.92 Å². The highest BCUT2D eigenvalue weighted by Crippen LogP contribution is 2.32. The molecule has 0 aliphatic rings.